The molecule has 2 atom stereocenters. The van der Waals surface area contributed by atoms with Crippen LogP contribution in [0.5, 0.6) is 0 Å². The lowest BCUT2D eigenvalue weighted by atomic mass is 9.92. The number of thiophene rings is 1. The molecule has 0 aromatic carbocycles. The van der Waals surface area contributed by atoms with E-state index in [4.69, 9.17) is 11.6 Å². The molecule has 8 heteroatoms. The summed E-state index contributed by atoms with van der Waals surface area (Å²) in [5.74, 6) is 0.250. The minimum atomic E-state index is -0.178. The Bertz CT molecular complexity index is 657. The molecule has 1 saturated heterocycles. The number of nitrogens with zero attached hydrogens (tertiary/aromatic N) is 1. The van der Waals surface area contributed by atoms with Crippen LogP contribution < -0.4 is 16.0 Å². The van der Waals surface area contributed by atoms with Crippen molar-refractivity contribution in [3.63, 3.8) is 0 Å². The van der Waals surface area contributed by atoms with Gasteiger partial charge in [-0.1, -0.05) is 11.6 Å². The first-order valence-electron chi connectivity index (χ1n) is 7.08. The summed E-state index contributed by atoms with van der Waals surface area (Å²) in [6.07, 6.45) is 0.898. The molecule has 0 bridgehead atoms. The summed E-state index contributed by atoms with van der Waals surface area (Å²) >= 11 is 8.90. The molecule has 1 aliphatic rings. The van der Waals surface area contributed by atoms with Gasteiger partial charge in [0.25, 0.3) is 0 Å². The average molecular weight is 357 g/mol. The fourth-order valence-corrected chi connectivity index (χ4v) is 4.48. The number of hydrogen-bond acceptors (Lipinski definition) is 5. The van der Waals surface area contributed by atoms with Gasteiger partial charge in [-0.3, -0.25) is 5.32 Å². The quantitative estimate of drug-likeness (QED) is 0.789. The van der Waals surface area contributed by atoms with Crippen LogP contribution in [-0.2, 0) is 0 Å². The Hall–Kier alpha value is -1.15. The Morgan fingerprint density at radius 2 is 2.36 bits per heavy atom. The number of amides is 2. The van der Waals surface area contributed by atoms with E-state index in [2.05, 4.69) is 20.3 Å². The standard InChI is InChI=1S/C14H17ClN4OS2/c1-8-6-13(22-19-8)18-14(20)17-10-4-5-16-7-9(10)11-2-3-12(15)21-11/h2-3,6,9-10,16H,4-5,7H2,1H3,(H2,17,18,20). The summed E-state index contributed by atoms with van der Waals surface area (Å²) in [6, 6.07) is 5.74. The van der Waals surface area contributed by atoms with E-state index in [0.29, 0.717) is 0 Å². The zero-order valence-electron chi connectivity index (χ0n) is 12.1. The van der Waals surface area contributed by atoms with Crippen LogP contribution >= 0.6 is 34.5 Å². The van der Waals surface area contributed by atoms with Crippen molar-refractivity contribution < 1.29 is 4.79 Å². The van der Waals surface area contributed by atoms with Gasteiger partial charge in [-0.05, 0) is 49.6 Å². The molecule has 0 spiro atoms. The molecule has 1 fully saturated rings. The number of rotatable bonds is 3. The van der Waals surface area contributed by atoms with Crippen molar-refractivity contribution in [3.8, 4) is 0 Å². The van der Waals surface area contributed by atoms with E-state index in [1.165, 1.54) is 16.4 Å². The molecule has 0 radical (unpaired) electrons. The van der Waals surface area contributed by atoms with Gasteiger partial charge in [0.1, 0.15) is 5.00 Å². The Labute approximate surface area is 142 Å². The van der Waals surface area contributed by atoms with Gasteiger partial charge in [0.05, 0.1) is 10.0 Å². The molecule has 22 heavy (non-hydrogen) atoms. The molecule has 0 saturated carbocycles. The van der Waals surface area contributed by atoms with Crippen molar-refractivity contribution in [1.82, 2.24) is 15.0 Å². The number of aryl methyl sites for hydroxylation is 1. The number of anilines is 1. The Kier molecular flexibility index (Phi) is 4.97. The van der Waals surface area contributed by atoms with E-state index in [9.17, 15) is 4.79 Å². The summed E-state index contributed by atoms with van der Waals surface area (Å²) in [4.78, 5) is 13.4. The molecule has 2 unspecified atom stereocenters. The molecule has 3 N–H and O–H groups in total. The van der Waals surface area contributed by atoms with E-state index < -0.39 is 0 Å². The SMILES string of the molecule is Cc1cc(NC(=O)NC2CCNCC2c2ccc(Cl)s2)sn1. The summed E-state index contributed by atoms with van der Waals surface area (Å²) in [5.41, 5.74) is 0.910. The first-order valence-corrected chi connectivity index (χ1v) is 9.05. The zero-order valence-corrected chi connectivity index (χ0v) is 14.4. The average Bonchev–Trinajstić information content (AvgIpc) is 3.08. The van der Waals surface area contributed by atoms with Gasteiger partial charge in [-0.2, -0.15) is 4.37 Å². The lowest BCUT2D eigenvalue weighted by molar-refractivity contribution is 0.242. The first-order chi connectivity index (χ1) is 10.6. The van der Waals surface area contributed by atoms with Crippen LogP contribution in [0.4, 0.5) is 9.80 Å². The van der Waals surface area contributed by atoms with Crippen LogP contribution in [0.15, 0.2) is 18.2 Å². The third kappa shape index (κ3) is 3.78. The molecular formula is C14H17ClN4OS2. The molecule has 2 aromatic rings. The van der Waals surface area contributed by atoms with E-state index in [1.54, 1.807) is 11.3 Å². The number of halogens is 1. The van der Waals surface area contributed by atoms with Gasteiger partial charge >= 0.3 is 6.03 Å². The summed E-state index contributed by atoms with van der Waals surface area (Å²) in [6.45, 7) is 3.66. The maximum Gasteiger partial charge on any atom is 0.320 e. The second-order valence-corrected chi connectivity index (χ2v) is 7.83. The number of nitrogens with one attached hydrogen (secondary N) is 3. The first kappa shape index (κ1) is 15.7. The lowest BCUT2D eigenvalue weighted by Crippen LogP contribution is -2.49. The van der Waals surface area contributed by atoms with Crippen LogP contribution in [0.2, 0.25) is 4.34 Å². The molecule has 3 rings (SSSR count). The highest BCUT2D eigenvalue weighted by Crippen LogP contribution is 2.32. The maximum atomic E-state index is 12.2. The second-order valence-electron chi connectivity index (χ2n) is 5.28. The smallest absolute Gasteiger partial charge is 0.320 e. The topological polar surface area (TPSA) is 66.1 Å². The molecule has 118 valence electrons. The van der Waals surface area contributed by atoms with Gasteiger partial charge in [-0.15, -0.1) is 11.3 Å². The predicted octanol–water partition coefficient (Wildman–Crippen LogP) is 3.43. The summed E-state index contributed by atoms with van der Waals surface area (Å²) in [7, 11) is 0. The molecule has 2 amide bonds. The predicted molar refractivity (Wildman–Crippen MR) is 92.4 cm³/mol. The Morgan fingerprint density at radius 3 is 3.05 bits per heavy atom. The number of carbonyl (C=O) groups excluding carboxylic acids is 1. The van der Waals surface area contributed by atoms with Gasteiger partial charge in [0.2, 0.25) is 0 Å². The monoisotopic (exact) mass is 356 g/mol. The number of urea groups is 1. The Balaban J connectivity index is 1.64. The maximum absolute atomic E-state index is 12.2. The number of carbonyl (C=O) groups is 1. The minimum absolute atomic E-state index is 0.102. The zero-order chi connectivity index (χ0) is 15.5. The van der Waals surface area contributed by atoms with Crippen LogP contribution in [-0.4, -0.2) is 29.5 Å². The molecule has 3 heterocycles. The summed E-state index contributed by atoms with van der Waals surface area (Å²) < 4.78 is 4.94. The van der Waals surface area contributed by atoms with E-state index >= 15 is 0 Å². The Morgan fingerprint density at radius 1 is 1.50 bits per heavy atom. The van der Waals surface area contributed by atoms with Crippen LogP contribution in [0.3, 0.4) is 0 Å². The highest BCUT2D eigenvalue weighted by atomic mass is 35.5. The van der Waals surface area contributed by atoms with Gasteiger partial charge in [0.15, 0.2) is 0 Å². The van der Waals surface area contributed by atoms with Crippen molar-refractivity contribution in [3.05, 3.63) is 33.1 Å². The van der Waals surface area contributed by atoms with Crippen LogP contribution in [0, 0.1) is 6.92 Å². The highest BCUT2D eigenvalue weighted by Gasteiger charge is 2.28. The van der Waals surface area contributed by atoms with Gasteiger partial charge in [-0.25, -0.2) is 4.79 Å². The fourth-order valence-electron chi connectivity index (χ4n) is 2.60. The third-order valence-electron chi connectivity index (χ3n) is 3.62. The van der Waals surface area contributed by atoms with Gasteiger partial charge < -0.3 is 10.6 Å². The fraction of sp³-hybridized carbons (Fsp3) is 0.429. The number of piperidine rings is 1. The number of aromatic nitrogens is 1. The van der Waals surface area contributed by atoms with E-state index in [-0.39, 0.29) is 18.0 Å². The molecule has 2 aromatic heterocycles. The highest BCUT2D eigenvalue weighted by molar-refractivity contribution is 7.16. The van der Waals surface area contributed by atoms with Crippen molar-refractivity contribution in [2.24, 2.45) is 0 Å². The normalized spacial score (nSPS) is 21.5. The van der Waals surface area contributed by atoms with E-state index in [0.717, 1.165) is 34.5 Å². The lowest BCUT2D eigenvalue weighted by Gasteiger charge is -2.32. The number of hydrogen-bond donors (Lipinski definition) is 3. The van der Waals surface area contributed by atoms with E-state index in [1.807, 2.05) is 25.1 Å². The van der Waals surface area contributed by atoms with Crippen LogP contribution in [0.25, 0.3) is 0 Å². The van der Waals surface area contributed by atoms with Crippen molar-refractivity contribution in [2.75, 3.05) is 18.4 Å². The third-order valence-corrected chi connectivity index (χ3v) is 5.78. The molecule has 0 aliphatic carbocycles. The largest absolute Gasteiger partial charge is 0.334 e. The van der Waals surface area contributed by atoms with Gasteiger partial charge in [0, 0.05) is 23.4 Å². The molecule has 5 nitrogen and oxygen atoms in total. The molecular weight excluding hydrogens is 340 g/mol. The van der Waals surface area contributed by atoms with Crippen LogP contribution in [0.1, 0.15) is 22.9 Å². The minimum Gasteiger partial charge on any atom is -0.334 e. The second kappa shape index (κ2) is 6.95. The molecule has 1 aliphatic heterocycles. The van der Waals surface area contributed by atoms with Crippen molar-refractivity contribution in [1.29, 1.82) is 0 Å². The summed E-state index contributed by atoms with van der Waals surface area (Å²) in [5, 5.41) is 10.1. The van der Waals surface area contributed by atoms with Crippen molar-refractivity contribution in [2.45, 2.75) is 25.3 Å². The van der Waals surface area contributed by atoms with Crippen molar-refractivity contribution >= 4 is 45.5 Å².